The summed E-state index contributed by atoms with van der Waals surface area (Å²) in [6, 6.07) is 47.6. The highest BCUT2D eigenvalue weighted by Crippen LogP contribution is 2.62. The van der Waals surface area contributed by atoms with E-state index in [4.69, 9.17) is 13.8 Å². The van der Waals surface area contributed by atoms with E-state index in [-0.39, 0.29) is 22.8 Å². The largest absolute Gasteiger partial charge is 0.456 e. The lowest BCUT2D eigenvalue weighted by atomic mass is 9.66. The molecule has 2 atom stereocenters. The maximum absolute atomic E-state index is 6.83. The highest BCUT2D eigenvalue weighted by Gasteiger charge is 2.49. The number of fused-ring (bicyclic) bond motifs is 16. The number of anilines is 1. The molecule has 1 aliphatic heterocycles. The van der Waals surface area contributed by atoms with Crippen LogP contribution in [0, 0.1) is 0 Å². The summed E-state index contributed by atoms with van der Waals surface area (Å²) in [5.74, 6) is 2.71. The van der Waals surface area contributed by atoms with Crippen molar-refractivity contribution in [2.24, 2.45) is 4.99 Å². The monoisotopic (exact) mass is 804 g/mol. The van der Waals surface area contributed by atoms with Crippen LogP contribution in [0.25, 0.3) is 50.3 Å². The molecule has 2 saturated carbocycles. The zero-order valence-corrected chi connectivity index (χ0v) is 35.0. The van der Waals surface area contributed by atoms with Crippen LogP contribution in [-0.4, -0.2) is 5.84 Å². The zero-order valence-electron chi connectivity index (χ0n) is 35.0. The molecule has 62 heavy (non-hydrogen) atoms. The van der Waals surface area contributed by atoms with Gasteiger partial charge in [-0.05, 0) is 118 Å². The van der Waals surface area contributed by atoms with E-state index >= 15 is 0 Å². The van der Waals surface area contributed by atoms with Gasteiger partial charge in [-0.3, -0.25) is 4.99 Å². The number of furan rings is 2. The number of nitrogens with one attached hydrogen (secondary N) is 1. The molecule has 302 valence electrons. The van der Waals surface area contributed by atoms with Crippen molar-refractivity contribution in [3.05, 3.63) is 189 Å². The van der Waals surface area contributed by atoms with Gasteiger partial charge in [-0.25, -0.2) is 0 Å². The second-order valence-corrected chi connectivity index (χ2v) is 19.1. The van der Waals surface area contributed by atoms with Crippen LogP contribution in [0.3, 0.4) is 0 Å². The van der Waals surface area contributed by atoms with E-state index in [0.717, 1.165) is 62.5 Å². The van der Waals surface area contributed by atoms with Gasteiger partial charge in [-0.1, -0.05) is 148 Å². The van der Waals surface area contributed by atoms with Crippen LogP contribution in [0.1, 0.15) is 132 Å². The molecular weight excluding hydrogens is 757 g/mol. The Morgan fingerprint density at radius 3 is 2.00 bits per heavy atom. The first-order chi connectivity index (χ1) is 30.7. The molecule has 2 spiro atoms. The fourth-order valence-corrected chi connectivity index (χ4v) is 13.3. The number of aliphatic imine (C=N–C) groups is 1. The van der Waals surface area contributed by atoms with Crippen molar-refractivity contribution in [3.63, 3.8) is 0 Å². The van der Waals surface area contributed by atoms with Crippen LogP contribution in [0.5, 0.6) is 0 Å². The van der Waals surface area contributed by atoms with Crippen molar-refractivity contribution < 1.29 is 8.83 Å². The third-order valence-corrected chi connectivity index (χ3v) is 16.1. The maximum Gasteiger partial charge on any atom is 0.205 e. The number of benzene rings is 6. The normalized spacial score (nSPS) is 20.9. The Hall–Kier alpha value is -6.39. The number of nitrogens with zero attached hydrogens (tertiary/aromatic N) is 1. The molecule has 4 nitrogen and oxygen atoms in total. The Morgan fingerprint density at radius 2 is 1.19 bits per heavy atom. The average Bonchev–Trinajstić information content (AvgIpc) is 4.05. The summed E-state index contributed by atoms with van der Waals surface area (Å²) in [6.45, 7) is 0. The van der Waals surface area contributed by atoms with E-state index in [0.29, 0.717) is 0 Å². The summed E-state index contributed by atoms with van der Waals surface area (Å²) < 4.78 is 13.3. The Kier molecular flexibility index (Phi) is 7.42. The van der Waals surface area contributed by atoms with Gasteiger partial charge in [0.1, 0.15) is 28.8 Å². The Morgan fingerprint density at radius 1 is 0.532 bits per heavy atom. The smallest absolute Gasteiger partial charge is 0.205 e. The Labute approximate surface area is 362 Å². The minimum absolute atomic E-state index is 0.110. The Bertz CT molecular complexity index is 3220. The third kappa shape index (κ3) is 4.81. The van der Waals surface area contributed by atoms with Crippen LogP contribution in [0.4, 0.5) is 5.88 Å². The summed E-state index contributed by atoms with van der Waals surface area (Å²) in [5, 5.41) is 5.85. The van der Waals surface area contributed by atoms with Crippen LogP contribution in [0.15, 0.2) is 147 Å². The number of rotatable bonds is 3. The average molecular weight is 805 g/mol. The van der Waals surface area contributed by atoms with Crippen molar-refractivity contribution in [1.29, 1.82) is 0 Å². The summed E-state index contributed by atoms with van der Waals surface area (Å²) in [6.07, 6.45) is 18.5. The van der Waals surface area contributed by atoms with Crippen molar-refractivity contribution >= 4 is 39.7 Å². The molecule has 5 aliphatic carbocycles. The van der Waals surface area contributed by atoms with Gasteiger partial charge in [0.05, 0.1) is 11.1 Å². The van der Waals surface area contributed by atoms with Crippen molar-refractivity contribution in [2.45, 2.75) is 93.4 Å². The topological polar surface area (TPSA) is 50.7 Å². The van der Waals surface area contributed by atoms with E-state index in [1.54, 1.807) is 22.3 Å². The SMILES string of the molecule is C1=CC(c2ccc3c(c2)-c2cc4c(cc2C32CCCCC2)-c2ccccc2C42CCCCC2)Cc2c1oc1c(C3=NC(c4ccccc4)c4c(oc5ccccc45)N3)cccc21. The molecule has 2 fully saturated rings. The van der Waals surface area contributed by atoms with E-state index in [1.807, 2.05) is 12.1 Å². The lowest BCUT2D eigenvalue weighted by Crippen LogP contribution is -2.29. The Balaban J connectivity index is 0.853. The van der Waals surface area contributed by atoms with Gasteiger partial charge in [0.25, 0.3) is 0 Å². The molecule has 0 amide bonds. The van der Waals surface area contributed by atoms with Gasteiger partial charge in [-0.15, -0.1) is 0 Å². The van der Waals surface area contributed by atoms with E-state index in [1.165, 1.54) is 97.6 Å². The predicted molar refractivity (Wildman–Crippen MR) is 251 cm³/mol. The highest BCUT2D eigenvalue weighted by atomic mass is 16.4. The molecule has 2 aromatic heterocycles. The summed E-state index contributed by atoms with van der Waals surface area (Å²) in [4.78, 5) is 5.42. The molecule has 6 aromatic carbocycles. The van der Waals surface area contributed by atoms with E-state index in [9.17, 15) is 0 Å². The molecule has 0 saturated heterocycles. The first kappa shape index (κ1) is 35.2. The molecule has 6 aliphatic rings. The van der Waals surface area contributed by atoms with Crippen LogP contribution >= 0.6 is 0 Å². The maximum atomic E-state index is 6.83. The second kappa shape index (κ2) is 13.1. The van der Waals surface area contributed by atoms with E-state index in [2.05, 4.69) is 133 Å². The van der Waals surface area contributed by atoms with Gasteiger partial charge in [0.2, 0.25) is 5.88 Å². The van der Waals surface area contributed by atoms with Gasteiger partial charge in [0, 0.05) is 33.1 Å². The highest BCUT2D eigenvalue weighted by molar-refractivity contribution is 6.17. The zero-order chi connectivity index (χ0) is 40.6. The van der Waals surface area contributed by atoms with Gasteiger partial charge < -0.3 is 14.2 Å². The van der Waals surface area contributed by atoms with Crippen molar-refractivity contribution in [1.82, 2.24) is 0 Å². The van der Waals surface area contributed by atoms with Gasteiger partial charge >= 0.3 is 0 Å². The number of hydrogen-bond donors (Lipinski definition) is 1. The fourth-order valence-electron chi connectivity index (χ4n) is 13.3. The lowest BCUT2D eigenvalue weighted by Gasteiger charge is -2.37. The molecule has 0 bridgehead atoms. The minimum atomic E-state index is -0.211. The molecule has 4 heteroatoms. The number of para-hydroxylation sites is 2. The van der Waals surface area contributed by atoms with Crippen LogP contribution < -0.4 is 5.32 Å². The fraction of sp³-hybridized carbons (Fsp3) is 0.259. The molecule has 8 aromatic rings. The standard InChI is InChI=1S/C58H48N2O2/c1-4-15-35(16-5-1)53-52-40-18-7-9-22-50(40)62-56(52)60-55(59-53)41-20-14-19-39-45-32-37(24-26-51(45)61-54(39)41)36-23-25-47-42(31-36)44-34-48-43(33-49(44)58(47)29-12-3-13-30-58)38-17-6-8-21-46(38)57(48)27-10-2-11-28-57/h1,4-9,14-26,31,33-34,37,53H,2-3,10-13,27-30,32H2,(H,59,60). The van der Waals surface area contributed by atoms with Crippen LogP contribution in [0.2, 0.25) is 0 Å². The molecule has 1 N–H and O–H groups in total. The van der Waals surface area contributed by atoms with Crippen molar-refractivity contribution in [3.8, 4) is 22.3 Å². The van der Waals surface area contributed by atoms with Crippen molar-refractivity contribution in [2.75, 3.05) is 5.32 Å². The molecule has 0 radical (unpaired) electrons. The first-order valence-electron chi connectivity index (χ1n) is 23.2. The van der Waals surface area contributed by atoms with E-state index < -0.39 is 0 Å². The van der Waals surface area contributed by atoms with Gasteiger partial charge in [0.15, 0.2) is 0 Å². The number of amidine groups is 1. The molecule has 3 heterocycles. The number of allylic oxidation sites excluding steroid dienone is 1. The van der Waals surface area contributed by atoms with Gasteiger partial charge in [-0.2, -0.15) is 0 Å². The van der Waals surface area contributed by atoms with Crippen LogP contribution in [-0.2, 0) is 17.3 Å². The molecule has 2 unspecified atom stereocenters. The third-order valence-electron chi connectivity index (χ3n) is 16.1. The summed E-state index contributed by atoms with van der Waals surface area (Å²) in [5.41, 5.74) is 20.2. The summed E-state index contributed by atoms with van der Waals surface area (Å²) >= 11 is 0. The number of hydrogen-bond acceptors (Lipinski definition) is 4. The first-order valence-corrected chi connectivity index (χ1v) is 23.2. The lowest BCUT2D eigenvalue weighted by molar-refractivity contribution is 0.350. The predicted octanol–water partition coefficient (Wildman–Crippen LogP) is 15.0. The second-order valence-electron chi connectivity index (χ2n) is 19.1. The molecular formula is C58H48N2O2. The minimum Gasteiger partial charge on any atom is -0.456 e. The summed E-state index contributed by atoms with van der Waals surface area (Å²) in [7, 11) is 0. The molecule has 14 rings (SSSR count). The quantitative estimate of drug-likeness (QED) is 0.194.